The smallest absolute Gasteiger partial charge is 0.123 e. The van der Waals surface area contributed by atoms with Crippen molar-refractivity contribution in [2.75, 3.05) is 18.5 Å². The minimum absolute atomic E-state index is 0.0386. The van der Waals surface area contributed by atoms with Crippen LogP contribution in [-0.2, 0) is 0 Å². The lowest BCUT2D eigenvalue weighted by Gasteiger charge is -2.31. The highest BCUT2D eigenvalue weighted by Crippen LogP contribution is 2.29. The van der Waals surface area contributed by atoms with Gasteiger partial charge >= 0.3 is 0 Å². The molecule has 0 amide bonds. The van der Waals surface area contributed by atoms with Gasteiger partial charge in [-0.3, -0.25) is 0 Å². The van der Waals surface area contributed by atoms with Crippen LogP contribution >= 0.6 is 0 Å². The molecule has 0 saturated heterocycles. The third-order valence-electron chi connectivity index (χ3n) is 3.78. The van der Waals surface area contributed by atoms with E-state index in [9.17, 15) is 4.39 Å². The first-order valence-corrected chi connectivity index (χ1v) is 6.79. The third-order valence-corrected chi connectivity index (χ3v) is 3.78. The molecule has 0 aliphatic heterocycles. The van der Waals surface area contributed by atoms with Crippen LogP contribution in [0.15, 0.2) is 42.5 Å². The van der Waals surface area contributed by atoms with Gasteiger partial charge in [-0.2, -0.15) is 0 Å². The minimum atomic E-state index is -0.208. The second-order valence-corrected chi connectivity index (χ2v) is 5.15. The van der Waals surface area contributed by atoms with Crippen molar-refractivity contribution in [3.63, 3.8) is 0 Å². The summed E-state index contributed by atoms with van der Waals surface area (Å²) < 4.78 is 13.3. The Kier molecular flexibility index (Phi) is 4.40. The summed E-state index contributed by atoms with van der Waals surface area (Å²) in [5, 5.41) is 0. The van der Waals surface area contributed by atoms with Gasteiger partial charge in [0.1, 0.15) is 5.82 Å². The Balaban J connectivity index is 2.39. The molecule has 0 radical (unpaired) electrons. The summed E-state index contributed by atoms with van der Waals surface area (Å²) in [6, 6.07) is 13.1. The Morgan fingerprint density at radius 1 is 1.10 bits per heavy atom. The molecule has 0 aliphatic carbocycles. The average Bonchev–Trinajstić information content (AvgIpc) is 2.42. The molecule has 0 fully saturated rings. The molecule has 2 aromatic carbocycles. The van der Waals surface area contributed by atoms with Gasteiger partial charge in [0.2, 0.25) is 0 Å². The first-order valence-electron chi connectivity index (χ1n) is 6.79. The molecule has 2 nitrogen and oxygen atoms in total. The summed E-state index contributed by atoms with van der Waals surface area (Å²) in [4.78, 5) is 2.16. The van der Waals surface area contributed by atoms with E-state index in [1.807, 2.05) is 32.2 Å². The van der Waals surface area contributed by atoms with Gasteiger partial charge in [0.25, 0.3) is 0 Å². The fourth-order valence-corrected chi connectivity index (χ4v) is 2.63. The molecule has 3 heteroatoms. The van der Waals surface area contributed by atoms with Crippen molar-refractivity contribution in [1.82, 2.24) is 0 Å². The summed E-state index contributed by atoms with van der Waals surface area (Å²) >= 11 is 0. The second kappa shape index (κ2) is 6.06. The van der Waals surface area contributed by atoms with Crippen LogP contribution in [0, 0.1) is 19.7 Å². The molecule has 106 valence electrons. The first kappa shape index (κ1) is 14.5. The van der Waals surface area contributed by atoms with Crippen molar-refractivity contribution in [3.05, 3.63) is 65.0 Å². The monoisotopic (exact) mass is 272 g/mol. The number of nitrogens with zero attached hydrogens (tertiary/aromatic N) is 1. The molecule has 0 spiro atoms. The quantitative estimate of drug-likeness (QED) is 0.921. The van der Waals surface area contributed by atoms with Crippen LogP contribution in [0.3, 0.4) is 0 Å². The molecular formula is C17H21FN2. The molecule has 0 aromatic heterocycles. The second-order valence-electron chi connectivity index (χ2n) is 5.15. The van der Waals surface area contributed by atoms with E-state index in [2.05, 4.69) is 24.0 Å². The summed E-state index contributed by atoms with van der Waals surface area (Å²) in [5.74, 6) is -0.208. The minimum Gasteiger partial charge on any atom is -0.366 e. The van der Waals surface area contributed by atoms with Crippen LogP contribution in [0.5, 0.6) is 0 Å². The molecule has 2 N–H and O–H groups in total. The van der Waals surface area contributed by atoms with Crippen molar-refractivity contribution in [2.45, 2.75) is 19.9 Å². The van der Waals surface area contributed by atoms with Crippen molar-refractivity contribution < 1.29 is 4.39 Å². The number of anilines is 1. The number of likely N-dealkylation sites (N-methyl/N-ethyl adjacent to an activating group) is 1. The van der Waals surface area contributed by atoms with Gasteiger partial charge in [-0.05, 0) is 48.7 Å². The van der Waals surface area contributed by atoms with Crippen LogP contribution in [0.2, 0.25) is 0 Å². The molecule has 2 rings (SSSR count). The van der Waals surface area contributed by atoms with Gasteiger partial charge in [0.15, 0.2) is 0 Å². The van der Waals surface area contributed by atoms with E-state index in [0.717, 1.165) is 16.8 Å². The Morgan fingerprint density at radius 3 is 2.40 bits per heavy atom. The van der Waals surface area contributed by atoms with Gasteiger partial charge < -0.3 is 10.6 Å². The highest BCUT2D eigenvalue weighted by atomic mass is 19.1. The molecule has 0 aliphatic rings. The van der Waals surface area contributed by atoms with Gasteiger partial charge in [0, 0.05) is 19.3 Å². The van der Waals surface area contributed by atoms with Crippen LogP contribution in [0.25, 0.3) is 0 Å². The van der Waals surface area contributed by atoms with E-state index in [1.165, 1.54) is 11.6 Å². The molecule has 2 aromatic rings. The highest BCUT2D eigenvalue weighted by molar-refractivity contribution is 5.54. The van der Waals surface area contributed by atoms with Gasteiger partial charge in [0.05, 0.1) is 6.04 Å². The largest absolute Gasteiger partial charge is 0.366 e. The van der Waals surface area contributed by atoms with Gasteiger partial charge in [-0.25, -0.2) is 4.39 Å². The number of aryl methyl sites for hydroxylation is 2. The number of nitrogens with two attached hydrogens (primary N) is 1. The molecule has 20 heavy (non-hydrogen) atoms. The Bertz CT molecular complexity index is 595. The fraction of sp³-hybridized carbons (Fsp3) is 0.294. The lowest BCUT2D eigenvalue weighted by molar-refractivity contribution is 0.620. The van der Waals surface area contributed by atoms with Crippen LogP contribution < -0.4 is 10.6 Å². The van der Waals surface area contributed by atoms with Crippen LogP contribution in [0.1, 0.15) is 22.7 Å². The maximum atomic E-state index is 13.3. The third kappa shape index (κ3) is 2.83. The molecule has 1 atom stereocenters. The zero-order chi connectivity index (χ0) is 14.7. The van der Waals surface area contributed by atoms with E-state index in [-0.39, 0.29) is 11.9 Å². The fourth-order valence-electron chi connectivity index (χ4n) is 2.63. The maximum Gasteiger partial charge on any atom is 0.123 e. The molecule has 1 unspecified atom stereocenters. The van der Waals surface area contributed by atoms with Crippen molar-refractivity contribution in [1.29, 1.82) is 0 Å². The SMILES string of the molecule is Cc1cc(F)ccc1C(CN)N(C)c1ccccc1C. The number of rotatable bonds is 4. The number of benzene rings is 2. The Morgan fingerprint density at radius 2 is 1.80 bits per heavy atom. The standard InChI is InChI=1S/C17H21FN2/c1-12-6-4-5-7-16(12)20(3)17(11-19)15-9-8-14(18)10-13(15)2/h4-10,17H,11,19H2,1-3H3. The van der Waals surface area contributed by atoms with E-state index >= 15 is 0 Å². The van der Waals surface area contributed by atoms with Crippen molar-refractivity contribution >= 4 is 5.69 Å². The molecule has 0 heterocycles. The van der Waals surface area contributed by atoms with E-state index < -0.39 is 0 Å². The zero-order valence-electron chi connectivity index (χ0n) is 12.2. The topological polar surface area (TPSA) is 29.3 Å². The normalized spacial score (nSPS) is 12.2. The van der Waals surface area contributed by atoms with E-state index in [0.29, 0.717) is 6.54 Å². The van der Waals surface area contributed by atoms with Crippen molar-refractivity contribution in [3.8, 4) is 0 Å². The van der Waals surface area contributed by atoms with Crippen LogP contribution in [0.4, 0.5) is 10.1 Å². The van der Waals surface area contributed by atoms with Crippen LogP contribution in [-0.4, -0.2) is 13.6 Å². The number of halogens is 1. The zero-order valence-corrected chi connectivity index (χ0v) is 12.2. The summed E-state index contributed by atoms with van der Waals surface area (Å²) in [6.07, 6.45) is 0. The summed E-state index contributed by atoms with van der Waals surface area (Å²) in [7, 11) is 2.03. The predicted molar refractivity (Wildman–Crippen MR) is 82.5 cm³/mol. The summed E-state index contributed by atoms with van der Waals surface area (Å²) in [5.41, 5.74) is 10.3. The molecular weight excluding hydrogens is 251 g/mol. The van der Waals surface area contributed by atoms with Crippen molar-refractivity contribution in [2.24, 2.45) is 5.73 Å². The molecule has 0 bridgehead atoms. The number of hydrogen-bond donors (Lipinski definition) is 1. The van der Waals surface area contributed by atoms with Gasteiger partial charge in [-0.1, -0.05) is 24.3 Å². The average molecular weight is 272 g/mol. The Labute approximate surface area is 120 Å². The first-order chi connectivity index (χ1) is 9.54. The van der Waals surface area contributed by atoms with E-state index in [1.54, 1.807) is 6.07 Å². The molecule has 0 saturated carbocycles. The van der Waals surface area contributed by atoms with Gasteiger partial charge in [-0.15, -0.1) is 0 Å². The maximum absolute atomic E-state index is 13.3. The van der Waals surface area contributed by atoms with E-state index in [4.69, 9.17) is 5.73 Å². The lowest BCUT2D eigenvalue weighted by atomic mass is 9.99. The predicted octanol–water partition coefficient (Wildman–Crippen LogP) is 3.58. The number of para-hydroxylation sites is 1. The Hall–Kier alpha value is -1.87. The number of hydrogen-bond acceptors (Lipinski definition) is 2. The summed E-state index contributed by atoms with van der Waals surface area (Å²) in [6.45, 7) is 4.49. The highest BCUT2D eigenvalue weighted by Gasteiger charge is 2.19. The lowest BCUT2D eigenvalue weighted by Crippen LogP contribution is -2.31.